The molecule has 2 rings (SSSR count). The van der Waals surface area contributed by atoms with Crippen molar-refractivity contribution in [2.75, 3.05) is 33.4 Å². The van der Waals surface area contributed by atoms with Gasteiger partial charge in [-0.2, -0.15) is 0 Å². The minimum Gasteiger partial charge on any atom is -0.493 e. The van der Waals surface area contributed by atoms with Gasteiger partial charge in [0.1, 0.15) is 0 Å². The van der Waals surface area contributed by atoms with Gasteiger partial charge in [-0.15, -0.1) is 0 Å². The highest BCUT2D eigenvalue weighted by molar-refractivity contribution is 6.32. The van der Waals surface area contributed by atoms with Crippen LogP contribution in [-0.4, -0.2) is 44.3 Å². The van der Waals surface area contributed by atoms with Crippen LogP contribution in [0.5, 0.6) is 11.5 Å². The Morgan fingerprint density at radius 1 is 1.43 bits per heavy atom. The maximum atomic E-state index is 6.36. The molecule has 118 valence electrons. The molecule has 1 heterocycles. The second kappa shape index (κ2) is 7.87. The molecule has 0 amide bonds. The molecular weight excluding hydrogens is 288 g/mol. The largest absolute Gasteiger partial charge is 0.493 e. The molecule has 21 heavy (non-hydrogen) atoms. The fourth-order valence-corrected chi connectivity index (χ4v) is 2.91. The fourth-order valence-electron chi connectivity index (χ4n) is 2.62. The van der Waals surface area contributed by atoms with E-state index in [1.54, 1.807) is 7.11 Å². The summed E-state index contributed by atoms with van der Waals surface area (Å²) in [5.74, 6) is 1.37. The number of rotatable bonds is 6. The van der Waals surface area contributed by atoms with Gasteiger partial charge < -0.3 is 14.8 Å². The number of halogens is 1. The first kappa shape index (κ1) is 16.4. The molecule has 1 aromatic carbocycles. The lowest BCUT2D eigenvalue weighted by atomic mass is 10.1. The minimum absolute atomic E-state index is 0.531. The summed E-state index contributed by atoms with van der Waals surface area (Å²) in [7, 11) is 1.65. The molecule has 0 aliphatic carbocycles. The highest BCUT2D eigenvalue weighted by Gasteiger charge is 2.18. The quantitative estimate of drug-likeness (QED) is 0.875. The van der Waals surface area contributed by atoms with Gasteiger partial charge in [-0.3, -0.25) is 4.90 Å². The van der Waals surface area contributed by atoms with Crippen LogP contribution >= 0.6 is 11.6 Å². The molecule has 1 atom stereocenters. The van der Waals surface area contributed by atoms with E-state index in [4.69, 9.17) is 21.1 Å². The van der Waals surface area contributed by atoms with Crippen molar-refractivity contribution < 1.29 is 9.47 Å². The normalized spacial score (nSPS) is 19.5. The second-order valence-electron chi connectivity index (χ2n) is 5.55. The molecule has 1 aliphatic rings. The van der Waals surface area contributed by atoms with Gasteiger partial charge in [0.15, 0.2) is 11.5 Å². The van der Waals surface area contributed by atoms with Gasteiger partial charge in [-0.25, -0.2) is 0 Å². The van der Waals surface area contributed by atoms with E-state index in [1.165, 1.54) is 0 Å². The average Bonchev–Trinajstić information content (AvgIpc) is 2.45. The number of hydrogen-bond donors (Lipinski definition) is 1. The summed E-state index contributed by atoms with van der Waals surface area (Å²) in [5, 5.41) is 4.08. The van der Waals surface area contributed by atoms with Crippen LogP contribution in [-0.2, 0) is 6.54 Å². The molecule has 1 fully saturated rings. The Morgan fingerprint density at radius 2 is 2.24 bits per heavy atom. The van der Waals surface area contributed by atoms with Crippen LogP contribution in [0.4, 0.5) is 0 Å². The van der Waals surface area contributed by atoms with E-state index in [0.29, 0.717) is 29.2 Å². The number of nitrogens with zero attached hydrogens (tertiary/aromatic N) is 1. The van der Waals surface area contributed by atoms with Crippen molar-refractivity contribution in [2.45, 2.75) is 32.9 Å². The Hall–Kier alpha value is -0.970. The molecule has 1 saturated heterocycles. The van der Waals surface area contributed by atoms with Crippen molar-refractivity contribution >= 4 is 11.6 Å². The standard InChI is InChI=1S/C16H25ClN2O2/c1-4-7-21-16-14(17)8-13(9-15(16)20-3)11-19-6-5-18-12(2)10-19/h8-9,12,18H,4-7,10-11H2,1-3H3/t12-/m1/s1. The summed E-state index contributed by atoms with van der Waals surface area (Å²) in [6.07, 6.45) is 0.944. The van der Waals surface area contributed by atoms with Gasteiger partial charge in [0.2, 0.25) is 0 Å². The van der Waals surface area contributed by atoms with Crippen LogP contribution in [0.1, 0.15) is 25.8 Å². The van der Waals surface area contributed by atoms with Crippen molar-refractivity contribution in [2.24, 2.45) is 0 Å². The monoisotopic (exact) mass is 312 g/mol. The Kier molecular flexibility index (Phi) is 6.15. The Balaban J connectivity index is 2.11. The second-order valence-corrected chi connectivity index (χ2v) is 5.95. The minimum atomic E-state index is 0.531. The molecule has 1 aliphatic heterocycles. The molecule has 4 nitrogen and oxygen atoms in total. The Labute approximate surface area is 132 Å². The zero-order valence-electron chi connectivity index (χ0n) is 13.1. The van der Waals surface area contributed by atoms with Gasteiger partial charge in [0.25, 0.3) is 0 Å². The van der Waals surface area contributed by atoms with Crippen LogP contribution in [0, 0.1) is 0 Å². The van der Waals surface area contributed by atoms with Crippen LogP contribution in [0.3, 0.4) is 0 Å². The van der Waals surface area contributed by atoms with E-state index in [9.17, 15) is 0 Å². The summed E-state index contributed by atoms with van der Waals surface area (Å²) in [5.41, 5.74) is 1.16. The maximum absolute atomic E-state index is 6.36. The molecule has 0 radical (unpaired) electrons. The smallest absolute Gasteiger partial charge is 0.179 e. The van der Waals surface area contributed by atoms with Crippen molar-refractivity contribution in [1.29, 1.82) is 0 Å². The van der Waals surface area contributed by atoms with E-state index in [-0.39, 0.29) is 0 Å². The molecular formula is C16H25ClN2O2. The van der Waals surface area contributed by atoms with Gasteiger partial charge in [-0.1, -0.05) is 18.5 Å². The lowest BCUT2D eigenvalue weighted by Gasteiger charge is -2.32. The number of methoxy groups -OCH3 is 1. The van der Waals surface area contributed by atoms with Gasteiger partial charge in [0, 0.05) is 32.2 Å². The lowest BCUT2D eigenvalue weighted by Crippen LogP contribution is -2.48. The topological polar surface area (TPSA) is 33.7 Å². The Bertz CT molecular complexity index is 468. The Morgan fingerprint density at radius 3 is 2.90 bits per heavy atom. The van der Waals surface area contributed by atoms with Gasteiger partial charge >= 0.3 is 0 Å². The van der Waals surface area contributed by atoms with Crippen molar-refractivity contribution in [1.82, 2.24) is 10.2 Å². The summed E-state index contributed by atoms with van der Waals surface area (Å²) in [6, 6.07) is 4.55. The lowest BCUT2D eigenvalue weighted by molar-refractivity contribution is 0.199. The molecule has 0 saturated carbocycles. The van der Waals surface area contributed by atoms with Crippen LogP contribution in [0.2, 0.25) is 5.02 Å². The number of hydrogen-bond acceptors (Lipinski definition) is 4. The average molecular weight is 313 g/mol. The first-order valence-electron chi connectivity index (χ1n) is 7.59. The summed E-state index contributed by atoms with van der Waals surface area (Å²) < 4.78 is 11.1. The summed E-state index contributed by atoms with van der Waals surface area (Å²) >= 11 is 6.36. The predicted octanol–water partition coefficient (Wildman–Crippen LogP) is 2.93. The number of piperazine rings is 1. The number of ether oxygens (including phenoxy) is 2. The van der Waals surface area contributed by atoms with Crippen molar-refractivity contribution in [3.8, 4) is 11.5 Å². The molecule has 0 unspecified atom stereocenters. The van der Waals surface area contributed by atoms with E-state index >= 15 is 0 Å². The van der Waals surface area contributed by atoms with E-state index in [0.717, 1.165) is 38.2 Å². The molecule has 1 aromatic rings. The molecule has 5 heteroatoms. The summed E-state index contributed by atoms with van der Waals surface area (Å²) in [4.78, 5) is 2.43. The van der Waals surface area contributed by atoms with Crippen molar-refractivity contribution in [3.63, 3.8) is 0 Å². The van der Waals surface area contributed by atoms with E-state index < -0.39 is 0 Å². The highest BCUT2D eigenvalue weighted by atomic mass is 35.5. The zero-order valence-corrected chi connectivity index (χ0v) is 13.9. The van der Waals surface area contributed by atoms with Crippen LogP contribution in [0.15, 0.2) is 12.1 Å². The molecule has 0 bridgehead atoms. The predicted molar refractivity (Wildman–Crippen MR) is 86.5 cm³/mol. The number of nitrogens with one attached hydrogen (secondary N) is 1. The third-order valence-corrected chi connectivity index (χ3v) is 3.88. The highest BCUT2D eigenvalue weighted by Crippen LogP contribution is 2.36. The fraction of sp³-hybridized carbons (Fsp3) is 0.625. The van der Waals surface area contributed by atoms with Crippen LogP contribution < -0.4 is 14.8 Å². The van der Waals surface area contributed by atoms with E-state index in [2.05, 4.69) is 24.1 Å². The summed E-state index contributed by atoms with van der Waals surface area (Å²) in [6.45, 7) is 8.94. The van der Waals surface area contributed by atoms with E-state index in [1.807, 2.05) is 12.1 Å². The zero-order chi connectivity index (χ0) is 15.2. The maximum Gasteiger partial charge on any atom is 0.179 e. The molecule has 0 spiro atoms. The first-order chi connectivity index (χ1) is 10.1. The third kappa shape index (κ3) is 4.50. The van der Waals surface area contributed by atoms with Crippen LogP contribution in [0.25, 0.3) is 0 Å². The first-order valence-corrected chi connectivity index (χ1v) is 7.96. The SMILES string of the molecule is CCCOc1c(Cl)cc(CN2CCN[C@H](C)C2)cc1OC. The number of benzene rings is 1. The third-order valence-electron chi connectivity index (χ3n) is 3.60. The van der Waals surface area contributed by atoms with Gasteiger partial charge in [0.05, 0.1) is 18.7 Å². The van der Waals surface area contributed by atoms with Gasteiger partial charge in [-0.05, 0) is 31.0 Å². The molecule has 0 aromatic heterocycles. The molecule has 1 N–H and O–H groups in total. The van der Waals surface area contributed by atoms with Crippen molar-refractivity contribution in [3.05, 3.63) is 22.7 Å².